The fraction of sp³-hybridized carbons (Fsp3) is 0.333. The van der Waals surface area contributed by atoms with Crippen LogP contribution < -0.4 is 11.1 Å². The molecular formula is C15H19N3O. The number of amides is 1. The molecule has 0 fully saturated rings. The van der Waals surface area contributed by atoms with Crippen LogP contribution in [-0.4, -0.2) is 23.5 Å². The molecule has 0 spiro atoms. The van der Waals surface area contributed by atoms with Crippen LogP contribution in [0, 0.1) is 5.92 Å². The highest BCUT2D eigenvalue weighted by Gasteiger charge is 2.16. The number of benzene rings is 1. The third-order valence-electron chi connectivity index (χ3n) is 3.47. The van der Waals surface area contributed by atoms with E-state index in [9.17, 15) is 4.79 Å². The molecule has 1 amide bonds. The normalized spacial score (nSPS) is 14.1. The highest BCUT2D eigenvalue weighted by Crippen LogP contribution is 2.16. The van der Waals surface area contributed by atoms with Crippen LogP contribution in [0.2, 0.25) is 0 Å². The highest BCUT2D eigenvalue weighted by atomic mass is 16.1. The van der Waals surface area contributed by atoms with E-state index < -0.39 is 0 Å². The van der Waals surface area contributed by atoms with Crippen molar-refractivity contribution in [1.82, 2.24) is 10.3 Å². The van der Waals surface area contributed by atoms with E-state index in [1.165, 1.54) is 0 Å². The molecule has 100 valence electrons. The fourth-order valence-electron chi connectivity index (χ4n) is 1.93. The molecule has 2 unspecified atom stereocenters. The molecule has 2 atom stereocenters. The number of nitrogens with two attached hydrogens (primary N) is 1. The van der Waals surface area contributed by atoms with Gasteiger partial charge in [-0.15, -0.1) is 0 Å². The average molecular weight is 257 g/mol. The molecule has 0 aliphatic rings. The number of aromatic nitrogens is 1. The van der Waals surface area contributed by atoms with Crippen molar-refractivity contribution in [1.29, 1.82) is 0 Å². The summed E-state index contributed by atoms with van der Waals surface area (Å²) < 4.78 is 0. The van der Waals surface area contributed by atoms with Gasteiger partial charge in [0.05, 0.1) is 5.52 Å². The smallest absolute Gasteiger partial charge is 0.252 e. The van der Waals surface area contributed by atoms with E-state index in [0.29, 0.717) is 12.1 Å². The van der Waals surface area contributed by atoms with E-state index in [4.69, 9.17) is 5.73 Å². The van der Waals surface area contributed by atoms with E-state index in [-0.39, 0.29) is 17.9 Å². The standard InChI is InChI=1S/C15H19N3O/c1-10(9-16)11(2)18-15(19)13-5-3-7-14-12(13)6-4-8-17-14/h3-8,10-11H,9,16H2,1-2H3,(H,18,19). The largest absolute Gasteiger partial charge is 0.349 e. The molecule has 19 heavy (non-hydrogen) atoms. The van der Waals surface area contributed by atoms with Gasteiger partial charge in [0.25, 0.3) is 5.91 Å². The van der Waals surface area contributed by atoms with Gasteiger partial charge in [-0.05, 0) is 37.6 Å². The summed E-state index contributed by atoms with van der Waals surface area (Å²) in [5, 5.41) is 3.86. The van der Waals surface area contributed by atoms with Crippen LogP contribution in [-0.2, 0) is 0 Å². The zero-order valence-electron chi connectivity index (χ0n) is 11.3. The number of carbonyl (C=O) groups excluding carboxylic acids is 1. The van der Waals surface area contributed by atoms with E-state index in [2.05, 4.69) is 10.3 Å². The summed E-state index contributed by atoms with van der Waals surface area (Å²) >= 11 is 0. The third-order valence-corrected chi connectivity index (χ3v) is 3.47. The lowest BCUT2D eigenvalue weighted by Crippen LogP contribution is -2.39. The molecular weight excluding hydrogens is 238 g/mol. The molecule has 0 saturated carbocycles. The van der Waals surface area contributed by atoms with Gasteiger partial charge in [-0.3, -0.25) is 9.78 Å². The zero-order chi connectivity index (χ0) is 13.8. The average Bonchev–Trinajstić information content (AvgIpc) is 2.45. The first-order chi connectivity index (χ1) is 9.13. The monoisotopic (exact) mass is 257 g/mol. The van der Waals surface area contributed by atoms with Gasteiger partial charge < -0.3 is 11.1 Å². The third kappa shape index (κ3) is 2.90. The van der Waals surface area contributed by atoms with Gasteiger partial charge in [0, 0.05) is 23.2 Å². The second kappa shape index (κ2) is 5.80. The molecule has 4 heteroatoms. The summed E-state index contributed by atoms with van der Waals surface area (Å²) in [6, 6.07) is 9.36. The molecule has 1 heterocycles. The molecule has 0 aliphatic carbocycles. The van der Waals surface area contributed by atoms with Crippen molar-refractivity contribution in [3.8, 4) is 0 Å². The Balaban J connectivity index is 2.27. The molecule has 1 aromatic carbocycles. The Labute approximate surface area is 113 Å². The summed E-state index contributed by atoms with van der Waals surface area (Å²) in [5.74, 6) is 0.170. The number of hydrogen-bond acceptors (Lipinski definition) is 3. The second-order valence-corrected chi connectivity index (χ2v) is 4.85. The summed E-state index contributed by atoms with van der Waals surface area (Å²) in [6.45, 7) is 4.55. The predicted octanol–water partition coefficient (Wildman–Crippen LogP) is 1.95. The van der Waals surface area contributed by atoms with Crippen molar-refractivity contribution in [3.63, 3.8) is 0 Å². The molecule has 0 aliphatic heterocycles. The number of hydrogen-bond donors (Lipinski definition) is 2. The number of nitrogens with zero attached hydrogens (tertiary/aromatic N) is 1. The molecule has 0 radical (unpaired) electrons. The summed E-state index contributed by atoms with van der Waals surface area (Å²) in [5.41, 5.74) is 7.10. The minimum Gasteiger partial charge on any atom is -0.349 e. The lowest BCUT2D eigenvalue weighted by Gasteiger charge is -2.20. The summed E-state index contributed by atoms with van der Waals surface area (Å²) in [7, 11) is 0. The fourth-order valence-corrected chi connectivity index (χ4v) is 1.93. The number of pyridine rings is 1. The van der Waals surface area contributed by atoms with Crippen molar-refractivity contribution in [2.75, 3.05) is 6.54 Å². The number of nitrogens with one attached hydrogen (secondary N) is 1. The Morgan fingerprint density at radius 1 is 1.32 bits per heavy atom. The Hall–Kier alpha value is -1.94. The van der Waals surface area contributed by atoms with E-state index in [0.717, 1.165) is 10.9 Å². The van der Waals surface area contributed by atoms with E-state index in [1.54, 1.807) is 6.20 Å². The van der Waals surface area contributed by atoms with Crippen LogP contribution in [0.15, 0.2) is 36.5 Å². The van der Waals surface area contributed by atoms with Gasteiger partial charge >= 0.3 is 0 Å². The van der Waals surface area contributed by atoms with Crippen molar-refractivity contribution in [2.45, 2.75) is 19.9 Å². The Morgan fingerprint density at radius 3 is 2.84 bits per heavy atom. The zero-order valence-corrected chi connectivity index (χ0v) is 11.3. The van der Waals surface area contributed by atoms with Gasteiger partial charge in [0.15, 0.2) is 0 Å². The van der Waals surface area contributed by atoms with Gasteiger partial charge in [-0.1, -0.05) is 19.1 Å². The minimum atomic E-state index is -0.0774. The maximum atomic E-state index is 12.3. The van der Waals surface area contributed by atoms with E-state index in [1.807, 2.05) is 44.2 Å². The Bertz CT molecular complexity index is 577. The van der Waals surface area contributed by atoms with Crippen LogP contribution in [0.25, 0.3) is 10.9 Å². The van der Waals surface area contributed by atoms with Crippen molar-refractivity contribution < 1.29 is 4.79 Å². The minimum absolute atomic E-state index is 0.0458. The van der Waals surface area contributed by atoms with Crippen molar-refractivity contribution in [2.24, 2.45) is 11.7 Å². The van der Waals surface area contributed by atoms with Crippen molar-refractivity contribution in [3.05, 3.63) is 42.1 Å². The molecule has 3 N–H and O–H groups in total. The maximum Gasteiger partial charge on any atom is 0.252 e. The van der Waals surface area contributed by atoms with Crippen LogP contribution in [0.4, 0.5) is 0 Å². The van der Waals surface area contributed by atoms with Crippen LogP contribution in [0.3, 0.4) is 0 Å². The number of fused-ring (bicyclic) bond motifs is 1. The van der Waals surface area contributed by atoms with Crippen LogP contribution >= 0.6 is 0 Å². The summed E-state index contributed by atoms with van der Waals surface area (Å²) in [6.07, 6.45) is 1.73. The van der Waals surface area contributed by atoms with Gasteiger partial charge in [-0.2, -0.15) is 0 Å². The molecule has 2 aromatic rings. The first-order valence-electron chi connectivity index (χ1n) is 6.48. The molecule has 2 rings (SSSR count). The molecule has 0 bridgehead atoms. The number of rotatable bonds is 4. The second-order valence-electron chi connectivity index (χ2n) is 4.85. The first-order valence-corrected chi connectivity index (χ1v) is 6.48. The summed E-state index contributed by atoms with van der Waals surface area (Å²) in [4.78, 5) is 16.6. The quantitative estimate of drug-likeness (QED) is 0.879. The number of carbonyl (C=O) groups is 1. The lowest BCUT2D eigenvalue weighted by atomic mass is 10.0. The molecule has 0 saturated heterocycles. The Morgan fingerprint density at radius 2 is 2.11 bits per heavy atom. The predicted molar refractivity (Wildman–Crippen MR) is 76.9 cm³/mol. The van der Waals surface area contributed by atoms with Crippen molar-refractivity contribution >= 4 is 16.8 Å². The highest BCUT2D eigenvalue weighted by molar-refractivity contribution is 6.06. The van der Waals surface area contributed by atoms with Gasteiger partial charge in [-0.25, -0.2) is 0 Å². The molecule has 4 nitrogen and oxygen atoms in total. The van der Waals surface area contributed by atoms with Gasteiger partial charge in [0.1, 0.15) is 0 Å². The van der Waals surface area contributed by atoms with Crippen LogP contribution in [0.5, 0.6) is 0 Å². The van der Waals surface area contributed by atoms with Crippen LogP contribution in [0.1, 0.15) is 24.2 Å². The maximum absolute atomic E-state index is 12.3. The SMILES string of the molecule is CC(CN)C(C)NC(=O)c1cccc2ncccc12. The topological polar surface area (TPSA) is 68.0 Å². The first kappa shape index (κ1) is 13.5. The molecule has 1 aromatic heterocycles. The lowest BCUT2D eigenvalue weighted by molar-refractivity contribution is 0.0931. The van der Waals surface area contributed by atoms with E-state index >= 15 is 0 Å². The Kier molecular flexibility index (Phi) is 4.12. The van der Waals surface area contributed by atoms with Gasteiger partial charge in [0.2, 0.25) is 0 Å².